The molecule has 0 bridgehead atoms. The minimum atomic E-state index is -0.0700. The lowest BCUT2D eigenvalue weighted by molar-refractivity contribution is -0.113. The quantitative estimate of drug-likeness (QED) is 0.431. The minimum absolute atomic E-state index is 0.0700. The summed E-state index contributed by atoms with van der Waals surface area (Å²) in [5, 5.41) is 12.1. The first-order chi connectivity index (χ1) is 14.7. The highest BCUT2D eigenvalue weighted by molar-refractivity contribution is 7.99. The second-order valence-electron chi connectivity index (χ2n) is 6.88. The van der Waals surface area contributed by atoms with Crippen molar-refractivity contribution in [3.63, 3.8) is 0 Å². The molecule has 0 radical (unpaired) electrons. The van der Waals surface area contributed by atoms with E-state index in [-0.39, 0.29) is 11.7 Å². The third-order valence-corrected chi connectivity index (χ3v) is 5.66. The summed E-state index contributed by atoms with van der Waals surface area (Å²) in [6.07, 6.45) is 0. The molecule has 0 saturated heterocycles. The molecule has 6 heteroatoms. The van der Waals surface area contributed by atoms with Crippen LogP contribution in [0.5, 0.6) is 0 Å². The molecule has 5 nitrogen and oxygen atoms in total. The van der Waals surface area contributed by atoms with Crippen LogP contribution < -0.4 is 5.32 Å². The molecular formula is C24H22N4OS. The van der Waals surface area contributed by atoms with Gasteiger partial charge < -0.3 is 9.88 Å². The zero-order valence-electron chi connectivity index (χ0n) is 16.7. The molecule has 0 saturated carbocycles. The number of carbonyl (C=O) groups is 1. The van der Waals surface area contributed by atoms with E-state index in [2.05, 4.69) is 39.8 Å². The molecule has 150 valence electrons. The van der Waals surface area contributed by atoms with Gasteiger partial charge in [-0.3, -0.25) is 4.79 Å². The Morgan fingerprint density at radius 1 is 0.867 bits per heavy atom. The summed E-state index contributed by atoms with van der Waals surface area (Å²) in [6, 6.07) is 28.2. The van der Waals surface area contributed by atoms with Gasteiger partial charge in [0.25, 0.3) is 0 Å². The molecule has 1 amide bonds. The van der Waals surface area contributed by atoms with Gasteiger partial charge in [-0.25, -0.2) is 0 Å². The zero-order chi connectivity index (χ0) is 20.8. The molecular weight excluding hydrogens is 392 g/mol. The van der Waals surface area contributed by atoms with Crippen LogP contribution in [0.15, 0.2) is 90.1 Å². The van der Waals surface area contributed by atoms with E-state index in [9.17, 15) is 4.79 Å². The van der Waals surface area contributed by atoms with Crippen molar-refractivity contribution in [3.8, 4) is 11.1 Å². The van der Waals surface area contributed by atoms with Crippen LogP contribution in [-0.4, -0.2) is 26.4 Å². The lowest BCUT2D eigenvalue weighted by atomic mass is 10.1. The fraction of sp³-hybridized carbons (Fsp3) is 0.125. The molecule has 0 atom stereocenters. The van der Waals surface area contributed by atoms with Crippen LogP contribution in [0.4, 0.5) is 5.69 Å². The molecule has 0 spiro atoms. The topological polar surface area (TPSA) is 59.8 Å². The molecule has 0 aliphatic heterocycles. The van der Waals surface area contributed by atoms with Gasteiger partial charge in [-0.1, -0.05) is 84.6 Å². The summed E-state index contributed by atoms with van der Waals surface area (Å²) in [4.78, 5) is 12.4. The Kier molecular flexibility index (Phi) is 6.25. The number of hydrogen-bond donors (Lipinski definition) is 1. The monoisotopic (exact) mass is 414 g/mol. The van der Waals surface area contributed by atoms with E-state index in [0.29, 0.717) is 6.54 Å². The van der Waals surface area contributed by atoms with Gasteiger partial charge in [0.2, 0.25) is 5.91 Å². The molecule has 30 heavy (non-hydrogen) atoms. The van der Waals surface area contributed by atoms with Crippen LogP contribution in [-0.2, 0) is 11.3 Å². The van der Waals surface area contributed by atoms with Crippen molar-refractivity contribution in [2.24, 2.45) is 0 Å². The highest BCUT2D eigenvalue weighted by Gasteiger charge is 2.12. The molecule has 1 N–H and O–H groups in total. The smallest absolute Gasteiger partial charge is 0.234 e. The molecule has 4 rings (SSSR count). The first kappa shape index (κ1) is 19.9. The highest BCUT2D eigenvalue weighted by atomic mass is 32.2. The average Bonchev–Trinajstić information content (AvgIpc) is 3.13. The molecule has 4 aromatic rings. The van der Waals surface area contributed by atoms with Crippen molar-refractivity contribution in [1.82, 2.24) is 14.8 Å². The number of aryl methyl sites for hydroxylation is 1. The number of anilines is 1. The van der Waals surface area contributed by atoms with Crippen molar-refractivity contribution in [2.45, 2.75) is 18.6 Å². The Hall–Kier alpha value is -3.38. The maximum absolute atomic E-state index is 12.4. The lowest BCUT2D eigenvalue weighted by Crippen LogP contribution is -2.14. The standard InChI is InChI=1S/C24H22N4OS/c1-18-26-27-24(28(18)16-19-8-4-2-5-9-19)30-17-23(29)25-22-14-12-21(13-15-22)20-10-6-3-7-11-20/h2-15H,16-17H2,1H3,(H,25,29). The van der Waals surface area contributed by atoms with E-state index in [0.717, 1.165) is 27.8 Å². The van der Waals surface area contributed by atoms with Crippen molar-refractivity contribution in [1.29, 1.82) is 0 Å². The number of nitrogens with zero attached hydrogens (tertiary/aromatic N) is 3. The second-order valence-corrected chi connectivity index (χ2v) is 7.82. The largest absolute Gasteiger partial charge is 0.325 e. The lowest BCUT2D eigenvalue weighted by Gasteiger charge is -2.09. The first-order valence-electron chi connectivity index (χ1n) is 9.71. The van der Waals surface area contributed by atoms with E-state index < -0.39 is 0 Å². The van der Waals surface area contributed by atoms with Gasteiger partial charge >= 0.3 is 0 Å². The average molecular weight is 415 g/mol. The number of thioether (sulfide) groups is 1. The number of amides is 1. The predicted octanol–water partition coefficient (Wildman–Crippen LogP) is 5.03. The van der Waals surface area contributed by atoms with Gasteiger partial charge in [-0.2, -0.15) is 0 Å². The van der Waals surface area contributed by atoms with Crippen molar-refractivity contribution < 1.29 is 4.79 Å². The predicted molar refractivity (Wildman–Crippen MR) is 122 cm³/mol. The van der Waals surface area contributed by atoms with Gasteiger partial charge in [0.05, 0.1) is 12.3 Å². The molecule has 0 unspecified atom stereocenters. The fourth-order valence-electron chi connectivity index (χ4n) is 3.12. The van der Waals surface area contributed by atoms with E-state index in [4.69, 9.17) is 0 Å². The molecule has 1 aromatic heterocycles. The third kappa shape index (κ3) is 4.96. The normalized spacial score (nSPS) is 10.7. The maximum atomic E-state index is 12.4. The maximum Gasteiger partial charge on any atom is 0.234 e. The van der Waals surface area contributed by atoms with Crippen molar-refractivity contribution in [3.05, 3.63) is 96.3 Å². The molecule has 0 fully saturated rings. The van der Waals surface area contributed by atoms with E-state index in [1.54, 1.807) is 0 Å². The summed E-state index contributed by atoms with van der Waals surface area (Å²) in [6.45, 7) is 2.61. The summed E-state index contributed by atoms with van der Waals surface area (Å²) in [5.41, 5.74) is 4.22. The van der Waals surface area contributed by atoms with Gasteiger partial charge in [-0.15, -0.1) is 10.2 Å². The first-order valence-corrected chi connectivity index (χ1v) is 10.7. The van der Waals surface area contributed by atoms with Crippen LogP contribution in [0, 0.1) is 6.92 Å². The van der Waals surface area contributed by atoms with Crippen LogP contribution >= 0.6 is 11.8 Å². The minimum Gasteiger partial charge on any atom is -0.325 e. The Morgan fingerprint density at radius 2 is 1.50 bits per heavy atom. The molecule has 1 heterocycles. The number of nitrogens with one attached hydrogen (secondary N) is 1. The van der Waals surface area contributed by atoms with E-state index >= 15 is 0 Å². The summed E-state index contributed by atoms with van der Waals surface area (Å²) >= 11 is 1.39. The number of aromatic nitrogens is 3. The van der Waals surface area contributed by atoms with Gasteiger partial charge in [-0.05, 0) is 35.7 Å². The van der Waals surface area contributed by atoms with Gasteiger partial charge in [0.15, 0.2) is 5.16 Å². The fourth-order valence-corrected chi connectivity index (χ4v) is 3.90. The molecule has 3 aromatic carbocycles. The Balaban J connectivity index is 1.35. The highest BCUT2D eigenvalue weighted by Crippen LogP contribution is 2.22. The van der Waals surface area contributed by atoms with Crippen molar-refractivity contribution >= 4 is 23.4 Å². The zero-order valence-corrected chi connectivity index (χ0v) is 17.5. The summed E-state index contributed by atoms with van der Waals surface area (Å²) in [7, 11) is 0. The number of hydrogen-bond acceptors (Lipinski definition) is 4. The molecule has 0 aliphatic carbocycles. The summed E-state index contributed by atoms with van der Waals surface area (Å²) in [5.74, 6) is 1.03. The number of benzene rings is 3. The van der Waals surface area contributed by atoms with Crippen LogP contribution in [0.1, 0.15) is 11.4 Å². The van der Waals surface area contributed by atoms with Crippen LogP contribution in [0.3, 0.4) is 0 Å². The van der Waals surface area contributed by atoms with Gasteiger partial charge in [0, 0.05) is 5.69 Å². The number of carbonyl (C=O) groups excluding carboxylic acids is 1. The SMILES string of the molecule is Cc1nnc(SCC(=O)Nc2ccc(-c3ccccc3)cc2)n1Cc1ccccc1. The second kappa shape index (κ2) is 9.41. The van der Waals surface area contributed by atoms with Gasteiger partial charge in [0.1, 0.15) is 5.82 Å². The van der Waals surface area contributed by atoms with Crippen LogP contribution in [0.25, 0.3) is 11.1 Å². The molecule has 0 aliphatic rings. The Bertz CT molecular complexity index is 1110. The number of rotatable bonds is 7. The third-order valence-electron chi connectivity index (χ3n) is 4.69. The Morgan fingerprint density at radius 3 is 2.20 bits per heavy atom. The Labute approximate surface area is 180 Å². The van der Waals surface area contributed by atoms with E-state index in [1.807, 2.05) is 72.2 Å². The van der Waals surface area contributed by atoms with E-state index in [1.165, 1.54) is 17.3 Å². The summed E-state index contributed by atoms with van der Waals surface area (Å²) < 4.78 is 2.03. The van der Waals surface area contributed by atoms with Crippen LogP contribution in [0.2, 0.25) is 0 Å². The van der Waals surface area contributed by atoms with Crippen molar-refractivity contribution in [2.75, 3.05) is 11.1 Å².